The molecule has 1 saturated heterocycles. The summed E-state index contributed by atoms with van der Waals surface area (Å²) in [5, 5.41) is 0.468. The van der Waals surface area contributed by atoms with Crippen LogP contribution in [0.2, 0.25) is 0 Å². The monoisotopic (exact) mass is 604 g/mol. The van der Waals surface area contributed by atoms with Gasteiger partial charge in [-0.25, -0.2) is 4.98 Å². The van der Waals surface area contributed by atoms with Crippen LogP contribution in [0.25, 0.3) is 10.2 Å². The highest BCUT2D eigenvalue weighted by atomic mass is 32.2. The molecule has 10 heteroatoms. The Bertz CT molecular complexity index is 1720. The molecule has 1 N–H and O–H groups in total. The molecular weight excluding hydrogens is 569 g/mol. The van der Waals surface area contributed by atoms with Crippen molar-refractivity contribution in [1.29, 1.82) is 0 Å². The summed E-state index contributed by atoms with van der Waals surface area (Å²) >= 11 is 2.90. The predicted molar refractivity (Wildman–Crippen MR) is 169 cm³/mol. The molecule has 5 rings (SSSR count). The number of ether oxygens (including phenoxy) is 1. The first-order valence-electron chi connectivity index (χ1n) is 14.1. The number of aromatic nitrogens is 2. The summed E-state index contributed by atoms with van der Waals surface area (Å²) in [5.74, 6) is 1.59. The van der Waals surface area contributed by atoms with Gasteiger partial charge in [-0.1, -0.05) is 29.8 Å². The predicted octanol–water partition coefficient (Wildman–Crippen LogP) is 5.57. The second kappa shape index (κ2) is 12.3. The number of carbonyl (C=O) groups excluding carboxylic acids is 2. The number of carbonyl (C=O) groups is 2. The molecule has 4 aromatic rings. The highest BCUT2D eigenvalue weighted by Gasteiger charge is 2.30. The minimum Gasteiger partial charge on any atom is -0.481 e. The van der Waals surface area contributed by atoms with Gasteiger partial charge in [0, 0.05) is 31.1 Å². The molecule has 1 aliphatic heterocycles. The van der Waals surface area contributed by atoms with Crippen molar-refractivity contribution >= 4 is 45.1 Å². The Morgan fingerprint density at radius 1 is 0.976 bits per heavy atom. The van der Waals surface area contributed by atoms with Crippen LogP contribution in [-0.2, 0) is 10.5 Å². The van der Waals surface area contributed by atoms with Crippen molar-refractivity contribution in [1.82, 2.24) is 19.8 Å². The third kappa shape index (κ3) is 6.24. The molecule has 1 atom stereocenters. The lowest BCUT2D eigenvalue weighted by molar-refractivity contribution is -0.139. The zero-order valence-corrected chi connectivity index (χ0v) is 26.5. The molecule has 0 bridgehead atoms. The minimum atomic E-state index is -0.627. The van der Waals surface area contributed by atoms with Crippen LogP contribution in [0, 0.1) is 34.6 Å². The second-order valence-electron chi connectivity index (χ2n) is 11.0. The van der Waals surface area contributed by atoms with E-state index in [-0.39, 0.29) is 17.4 Å². The molecule has 2 aromatic heterocycles. The molecule has 2 aromatic carbocycles. The number of hydrogen-bond donors (Lipinski definition) is 1. The standard InChI is InChI=1S/C32H36N4O4S2/c1-18-7-9-20(3)24(15-18)40-23(6)31(38)35-11-13-36(14-12-35)32(39)28-22(5)27-29(37)33-26(34-30(27)42-28)17-41-25-16-19(2)8-10-21(25)4/h7-10,15-16,23H,11-14,17H2,1-6H3,(H,33,34,37). The van der Waals surface area contributed by atoms with Gasteiger partial charge in [0.1, 0.15) is 16.4 Å². The minimum absolute atomic E-state index is 0.0944. The van der Waals surface area contributed by atoms with Gasteiger partial charge < -0.3 is 19.5 Å². The summed E-state index contributed by atoms with van der Waals surface area (Å²) in [7, 11) is 0. The van der Waals surface area contributed by atoms with Crippen molar-refractivity contribution in [3.8, 4) is 5.75 Å². The van der Waals surface area contributed by atoms with Crippen LogP contribution in [0.5, 0.6) is 5.75 Å². The maximum atomic E-state index is 13.6. The van der Waals surface area contributed by atoms with Gasteiger partial charge in [-0.05, 0) is 75.9 Å². The Morgan fingerprint density at radius 2 is 1.62 bits per heavy atom. The average Bonchev–Trinajstić information content (AvgIpc) is 3.31. The maximum absolute atomic E-state index is 13.6. The number of nitrogens with one attached hydrogen (secondary N) is 1. The van der Waals surface area contributed by atoms with Gasteiger partial charge in [0.05, 0.1) is 16.0 Å². The molecule has 0 spiro atoms. The van der Waals surface area contributed by atoms with Crippen LogP contribution in [0.4, 0.5) is 0 Å². The maximum Gasteiger partial charge on any atom is 0.264 e. The summed E-state index contributed by atoms with van der Waals surface area (Å²) in [4.78, 5) is 53.1. The van der Waals surface area contributed by atoms with Crippen molar-refractivity contribution in [3.05, 3.63) is 85.3 Å². The number of amides is 2. The summed E-state index contributed by atoms with van der Waals surface area (Å²) < 4.78 is 6.00. The number of nitrogens with zero attached hydrogens (tertiary/aromatic N) is 3. The van der Waals surface area contributed by atoms with Crippen molar-refractivity contribution in [2.24, 2.45) is 0 Å². The molecule has 0 aliphatic carbocycles. The van der Waals surface area contributed by atoms with Crippen molar-refractivity contribution < 1.29 is 14.3 Å². The highest BCUT2D eigenvalue weighted by Crippen LogP contribution is 2.31. The van der Waals surface area contributed by atoms with Crippen LogP contribution >= 0.6 is 23.1 Å². The number of piperazine rings is 1. The Balaban J connectivity index is 1.24. The molecule has 42 heavy (non-hydrogen) atoms. The van der Waals surface area contributed by atoms with E-state index < -0.39 is 6.10 Å². The summed E-state index contributed by atoms with van der Waals surface area (Å²) in [6, 6.07) is 12.2. The molecular formula is C32H36N4O4S2. The van der Waals surface area contributed by atoms with Gasteiger partial charge in [0.25, 0.3) is 17.4 Å². The van der Waals surface area contributed by atoms with Gasteiger partial charge in [-0.2, -0.15) is 0 Å². The number of fused-ring (bicyclic) bond motifs is 1. The van der Waals surface area contributed by atoms with Crippen molar-refractivity contribution in [3.63, 3.8) is 0 Å². The number of benzene rings is 2. The first-order valence-corrected chi connectivity index (χ1v) is 15.9. The lowest BCUT2D eigenvalue weighted by Gasteiger charge is -2.35. The normalized spacial score (nSPS) is 14.3. The lowest BCUT2D eigenvalue weighted by Crippen LogP contribution is -2.53. The van der Waals surface area contributed by atoms with E-state index in [1.54, 1.807) is 35.4 Å². The van der Waals surface area contributed by atoms with Crippen molar-refractivity contribution in [2.75, 3.05) is 26.2 Å². The van der Waals surface area contributed by atoms with E-state index in [1.807, 2.05) is 32.0 Å². The van der Waals surface area contributed by atoms with Crippen LogP contribution in [0.3, 0.4) is 0 Å². The number of hydrogen-bond acceptors (Lipinski definition) is 7. The van der Waals surface area contributed by atoms with E-state index in [9.17, 15) is 14.4 Å². The van der Waals surface area contributed by atoms with Gasteiger partial charge >= 0.3 is 0 Å². The van der Waals surface area contributed by atoms with Gasteiger partial charge in [0.15, 0.2) is 6.10 Å². The van der Waals surface area contributed by atoms with E-state index in [0.29, 0.717) is 64.2 Å². The topological polar surface area (TPSA) is 95.6 Å². The molecule has 0 radical (unpaired) electrons. The fourth-order valence-corrected chi connectivity index (χ4v) is 7.24. The molecule has 1 unspecified atom stereocenters. The first kappa shape index (κ1) is 29.8. The summed E-state index contributed by atoms with van der Waals surface area (Å²) in [6.45, 7) is 13.3. The first-order chi connectivity index (χ1) is 20.0. The molecule has 8 nitrogen and oxygen atoms in total. The fourth-order valence-electron chi connectivity index (χ4n) is 5.08. The van der Waals surface area contributed by atoms with Gasteiger partial charge in [-0.3, -0.25) is 14.4 Å². The molecule has 1 fully saturated rings. The number of aryl methyl sites for hydroxylation is 5. The number of rotatable bonds is 7. The van der Waals surface area contributed by atoms with E-state index in [0.717, 1.165) is 16.0 Å². The smallest absolute Gasteiger partial charge is 0.264 e. The number of aromatic amines is 1. The third-order valence-electron chi connectivity index (χ3n) is 7.63. The van der Waals surface area contributed by atoms with Crippen LogP contribution < -0.4 is 10.3 Å². The Hall–Kier alpha value is -3.63. The molecule has 1 aliphatic rings. The summed E-state index contributed by atoms with van der Waals surface area (Å²) in [5.41, 5.74) is 4.84. The van der Waals surface area contributed by atoms with Crippen molar-refractivity contribution in [2.45, 2.75) is 58.3 Å². The Labute approximate surface area is 254 Å². The molecule has 3 heterocycles. The summed E-state index contributed by atoms with van der Waals surface area (Å²) in [6.07, 6.45) is -0.627. The SMILES string of the molecule is Cc1ccc(C)c(OC(C)C(=O)N2CCN(C(=O)c3sc4nc(CSc5cc(C)ccc5C)[nH]c(=O)c4c3C)CC2)c1. The number of thiophene rings is 1. The van der Waals surface area contributed by atoms with E-state index in [1.165, 1.54) is 22.5 Å². The quantitative estimate of drug-likeness (QED) is 0.277. The molecule has 0 saturated carbocycles. The van der Waals surface area contributed by atoms with E-state index in [2.05, 4.69) is 37.0 Å². The third-order valence-corrected chi connectivity index (χ3v) is 9.97. The molecule has 220 valence electrons. The molecule has 2 amide bonds. The van der Waals surface area contributed by atoms with E-state index >= 15 is 0 Å². The fraction of sp³-hybridized carbons (Fsp3) is 0.375. The zero-order chi connectivity index (χ0) is 30.1. The number of thioether (sulfide) groups is 1. The van der Waals surface area contributed by atoms with Crippen LogP contribution in [0.1, 0.15) is 50.2 Å². The lowest BCUT2D eigenvalue weighted by atomic mass is 10.1. The van der Waals surface area contributed by atoms with Gasteiger partial charge in [0.2, 0.25) is 0 Å². The Morgan fingerprint density at radius 3 is 2.33 bits per heavy atom. The largest absolute Gasteiger partial charge is 0.481 e. The van der Waals surface area contributed by atoms with Gasteiger partial charge in [-0.15, -0.1) is 23.1 Å². The van der Waals surface area contributed by atoms with E-state index in [4.69, 9.17) is 9.72 Å². The van der Waals surface area contributed by atoms with Crippen LogP contribution in [0.15, 0.2) is 46.1 Å². The Kier molecular flexibility index (Phi) is 8.75. The average molecular weight is 605 g/mol. The second-order valence-corrected chi connectivity index (χ2v) is 13.0. The number of H-pyrrole nitrogens is 1. The zero-order valence-electron chi connectivity index (χ0n) is 24.9. The van der Waals surface area contributed by atoms with Crippen LogP contribution in [-0.4, -0.2) is 63.9 Å². The highest BCUT2D eigenvalue weighted by molar-refractivity contribution is 7.98.